The fourth-order valence-electron chi connectivity index (χ4n) is 2.80. The molecule has 5 heteroatoms. The van der Waals surface area contributed by atoms with Gasteiger partial charge in [-0.3, -0.25) is 4.98 Å². The van der Waals surface area contributed by atoms with Crippen molar-refractivity contribution in [2.75, 3.05) is 11.4 Å². The van der Waals surface area contributed by atoms with Crippen molar-refractivity contribution >= 4 is 17.3 Å². The molecule has 3 aromatic rings. The fraction of sp³-hybridized carbons (Fsp3) is 0.176. The molecule has 0 saturated carbocycles. The number of imidazole rings is 1. The van der Waals surface area contributed by atoms with Crippen molar-refractivity contribution in [3.8, 4) is 11.3 Å². The van der Waals surface area contributed by atoms with E-state index in [1.165, 1.54) is 0 Å². The Bertz CT molecular complexity index is 797. The molecule has 2 aromatic heterocycles. The summed E-state index contributed by atoms with van der Waals surface area (Å²) in [7, 11) is 0. The van der Waals surface area contributed by atoms with Gasteiger partial charge in [-0.1, -0.05) is 23.7 Å². The average Bonchev–Trinajstić information content (AvgIpc) is 2.99. The van der Waals surface area contributed by atoms with Gasteiger partial charge in [0.15, 0.2) is 0 Å². The van der Waals surface area contributed by atoms with Gasteiger partial charge in [-0.25, -0.2) is 4.98 Å². The van der Waals surface area contributed by atoms with Crippen LogP contribution < -0.4 is 4.90 Å². The van der Waals surface area contributed by atoms with E-state index in [4.69, 9.17) is 16.6 Å². The summed E-state index contributed by atoms with van der Waals surface area (Å²) in [6.07, 6.45) is 5.81. The van der Waals surface area contributed by atoms with E-state index in [1.54, 1.807) is 6.20 Å². The van der Waals surface area contributed by atoms with E-state index < -0.39 is 0 Å². The van der Waals surface area contributed by atoms with Crippen molar-refractivity contribution in [2.45, 2.75) is 13.1 Å². The van der Waals surface area contributed by atoms with Crippen LogP contribution in [0.1, 0.15) is 5.82 Å². The smallest absolute Gasteiger partial charge is 0.129 e. The van der Waals surface area contributed by atoms with Crippen LogP contribution in [-0.4, -0.2) is 21.1 Å². The molecule has 0 spiro atoms. The maximum Gasteiger partial charge on any atom is 0.129 e. The summed E-state index contributed by atoms with van der Waals surface area (Å²) in [6.45, 7) is 2.69. The highest BCUT2D eigenvalue weighted by atomic mass is 35.5. The standard InChI is InChI=1S/C17H15ClN4/c18-14-4-1-3-13(9-14)16-11-22-8-7-21(12-17(22)20-16)15-5-2-6-19-10-15/h1-6,9-11H,7-8,12H2. The number of hydrogen-bond acceptors (Lipinski definition) is 3. The Balaban J connectivity index is 1.64. The Morgan fingerprint density at radius 3 is 2.86 bits per heavy atom. The van der Waals surface area contributed by atoms with Crippen molar-refractivity contribution in [3.05, 3.63) is 65.8 Å². The molecule has 0 N–H and O–H groups in total. The molecule has 0 saturated heterocycles. The van der Waals surface area contributed by atoms with Gasteiger partial charge in [-0.05, 0) is 24.3 Å². The molecule has 110 valence electrons. The summed E-state index contributed by atoms with van der Waals surface area (Å²) in [5.41, 5.74) is 3.17. The lowest BCUT2D eigenvalue weighted by Crippen LogP contribution is -2.33. The van der Waals surface area contributed by atoms with Gasteiger partial charge in [0.05, 0.1) is 24.1 Å². The molecule has 0 amide bonds. The van der Waals surface area contributed by atoms with Crippen molar-refractivity contribution in [2.24, 2.45) is 0 Å². The van der Waals surface area contributed by atoms with Gasteiger partial charge in [0.25, 0.3) is 0 Å². The molecular weight excluding hydrogens is 296 g/mol. The number of hydrogen-bond donors (Lipinski definition) is 0. The third-order valence-corrected chi connectivity index (χ3v) is 4.17. The number of aromatic nitrogens is 3. The van der Waals surface area contributed by atoms with E-state index in [9.17, 15) is 0 Å². The summed E-state index contributed by atoms with van der Waals surface area (Å²) >= 11 is 6.07. The van der Waals surface area contributed by atoms with Gasteiger partial charge >= 0.3 is 0 Å². The van der Waals surface area contributed by atoms with E-state index >= 15 is 0 Å². The van der Waals surface area contributed by atoms with Crippen LogP contribution in [0.25, 0.3) is 11.3 Å². The van der Waals surface area contributed by atoms with E-state index in [0.717, 1.165) is 47.4 Å². The minimum absolute atomic E-state index is 0.737. The maximum atomic E-state index is 6.07. The molecule has 1 aromatic carbocycles. The maximum absolute atomic E-state index is 6.07. The highest BCUT2D eigenvalue weighted by Crippen LogP contribution is 2.25. The molecule has 0 atom stereocenters. The van der Waals surface area contributed by atoms with Crippen LogP contribution in [-0.2, 0) is 13.1 Å². The van der Waals surface area contributed by atoms with Crippen LogP contribution >= 0.6 is 11.6 Å². The van der Waals surface area contributed by atoms with Gasteiger partial charge in [0.1, 0.15) is 5.82 Å². The first-order valence-corrected chi connectivity index (χ1v) is 7.64. The number of rotatable bonds is 2. The van der Waals surface area contributed by atoms with Crippen molar-refractivity contribution in [1.29, 1.82) is 0 Å². The molecule has 4 rings (SSSR count). The third-order valence-electron chi connectivity index (χ3n) is 3.93. The zero-order valence-corrected chi connectivity index (χ0v) is 12.7. The predicted molar refractivity (Wildman–Crippen MR) is 88.0 cm³/mol. The van der Waals surface area contributed by atoms with Crippen LogP contribution in [0.2, 0.25) is 5.02 Å². The Kier molecular flexibility index (Phi) is 3.31. The van der Waals surface area contributed by atoms with Crippen LogP contribution in [0.15, 0.2) is 55.0 Å². The second kappa shape index (κ2) is 5.46. The molecule has 1 aliphatic heterocycles. The van der Waals surface area contributed by atoms with Crippen molar-refractivity contribution in [1.82, 2.24) is 14.5 Å². The molecule has 0 bridgehead atoms. The van der Waals surface area contributed by atoms with E-state index in [1.807, 2.05) is 36.5 Å². The van der Waals surface area contributed by atoms with Gasteiger partial charge < -0.3 is 9.47 Å². The number of pyridine rings is 1. The first kappa shape index (κ1) is 13.3. The van der Waals surface area contributed by atoms with Crippen molar-refractivity contribution < 1.29 is 0 Å². The Labute approximate surface area is 134 Å². The summed E-state index contributed by atoms with van der Waals surface area (Å²) < 4.78 is 2.23. The van der Waals surface area contributed by atoms with Crippen molar-refractivity contribution in [3.63, 3.8) is 0 Å². The molecular formula is C17H15ClN4. The van der Waals surface area contributed by atoms with Crippen LogP contribution in [0.3, 0.4) is 0 Å². The molecule has 0 fully saturated rings. The van der Waals surface area contributed by atoms with Gasteiger partial charge in [0, 0.05) is 36.1 Å². The molecule has 4 nitrogen and oxygen atoms in total. The second-order valence-electron chi connectivity index (χ2n) is 5.38. The molecule has 0 unspecified atom stereocenters. The lowest BCUT2D eigenvalue weighted by molar-refractivity contribution is 0.559. The van der Waals surface area contributed by atoms with Crippen LogP contribution in [0.4, 0.5) is 5.69 Å². The summed E-state index contributed by atoms with van der Waals surface area (Å²) in [5.74, 6) is 1.07. The number of nitrogens with zero attached hydrogens (tertiary/aromatic N) is 4. The first-order chi connectivity index (χ1) is 10.8. The molecule has 22 heavy (non-hydrogen) atoms. The lowest BCUT2D eigenvalue weighted by Gasteiger charge is -2.29. The monoisotopic (exact) mass is 310 g/mol. The molecule has 3 heterocycles. The summed E-state index contributed by atoms with van der Waals surface area (Å²) in [5, 5.41) is 0.737. The van der Waals surface area contributed by atoms with E-state index in [0.29, 0.717) is 0 Å². The minimum Gasteiger partial charge on any atom is -0.361 e. The zero-order chi connectivity index (χ0) is 14.9. The average molecular weight is 311 g/mol. The summed E-state index contributed by atoms with van der Waals surface area (Å²) in [6, 6.07) is 11.9. The number of benzene rings is 1. The van der Waals surface area contributed by atoms with Crippen LogP contribution in [0.5, 0.6) is 0 Å². The number of anilines is 1. The highest BCUT2D eigenvalue weighted by molar-refractivity contribution is 6.30. The Morgan fingerprint density at radius 2 is 2.05 bits per heavy atom. The fourth-order valence-corrected chi connectivity index (χ4v) is 2.99. The summed E-state index contributed by atoms with van der Waals surface area (Å²) in [4.78, 5) is 11.3. The van der Waals surface area contributed by atoms with E-state index in [2.05, 4.69) is 26.7 Å². The molecule has 1 aliphatic rings. The first-order valence-electron chi connectivity index (χ1n) is 7.26. The zero-order valence-electron chi connectivity index (χ0n) is 12.0. The van der Waals surface area contributed by atoms with E-state index in [-0.39, 0.29) is 0 Å². The largest absolute Gasteiger partial charge is 0.361 e. The SMILES string of the molecule is Clc1cccc(-c2cn3c(n2)CN(c2cccnc2)CC3)c1. The Hall–Kier alpha value is -2.33. The number of halogens is 1. The topological polar surface area (TPSA) is 34.0 Å². The quantitative estimate of drug-likeness (QED) is 0.725. The van der Waals surface area contributed by atoms with Gasteiger partial charge in [-0.15, -0.1) is 0 Å². The minimum atomic E-state index is 0.737. The van der Waals surface area contributed by atoms with Crippen LogP contribution in [0, 0.1) is 0 Å². The lowest BCUT2D eigenvalue weighted by atomic mass is 10.2. The normalized spacial score (nSPS) is 14.0. The highest BCUT2D eigenvalue weighted by Gasteiger charge is 2.19. The van der Waals surface area contributed by atoms with Gasteiger partial charge in [-0.2, -0.15) is 0 Å². The molecule has 0 radical (unpaired) electrons. The van der Waals surface area contributed by atoms with Gasteiger partial charge in [0.2, 0.25) is 0 Å². The predicted octanol–water partition coefficient (Wildman–Crippen LogP) is 3.62. The second-order valence-corrected chi connectivity index (χ2v) is 5.82. The number of fused-ring (bicyclic) bond motifs is 1. The molecule has 0 aliphatic carbocycles. The third kappa shape index (κ3) is 2.46. The Morgan fingerprint density at radius 1 is 1.09 bits per heavy atom.